The predicted octanol–water partition coefficient (Wildman–Crippen LogP) is 2.45. The van der Waals surface area contributed by atoms with Gasteiger partial charge in [-0.05, 0) is 39.5 Å². The van der Waals surface area contributed by atoms with Gasteiger partial charge in [0.15, 0.2) is 0 Å². The van der Waals surface area contributed by atoms with Crippen molar-refractivity contribution in [2.24, 2.45) is 11.3 Å². The van der Waals surface area contributed by atoms with Crippen LogP contribution in [0.3, 0.4) is 0 Å². The van der Waals surface area contributed by atoms with Gasteiger partial charge in [-0.15, -0.1) is 0 Å². The summed E-state index contributed by atoms with van der Waals surface area (Å²) in [6.45, 7) is 6.77. The molecule has 0 amide bonds. The molecule has 1 N–H and O–H groups in total. The highest BCUT2D eigenvalue weighted by molar-refractivity contribution is 5.96. The number of hydrogen-bond donors (Lipinski definition) is 1. The predicted molar refractivity (Wildman–Crippen MR) is 64.7 cm³/mol. The van der Waals surface area contributed by atoms with Crippen LogP contribution in [0.5, 0.6) is 0 Å². The van der Waals surface area contributed by atoms with Crippen molar-refractivity contribution < 1.29 is 19.5 Å². The molecule has 0 aliphatic heterocycles. The van der Waals surface area contributed by atoms with Gasteiger partial charge in [-0.1, -0.05) is 13.8 Å². The molecule has 0 bridgehead atoms. The Morgan fingerprint density at radius 2 is 1.65 bits per heavy atom. The topological polar surface area (TPSA) is 71.4 Å². The van der Waals surface area contributed by atoms with E-state index in [0.717, 1.165) is 19.3 Å². The molecule has 0 aromatic rings. The van der Waals surface area contributed by atoms with Crippen molar-refractivity contribution in [2.75, 3.05) is 0 Å². The number of aliphatic carboxylic acids is 1. The SMILES string of the molecule is CCC(C(C)=O)C(=O)O.CCC1(C(C)=O)CC1. The average Bonchev–Trinajstić information content (AvgIpc) is 2.98. The fourth-order valence-corrected chi connectivity index (χ4v) is 1.74. The van der Waals surface area contributed by atoms with Crippen molar-refractivity contribution in [3.8, 4) is 0 Å². The molecule has 1 atom stereocenters. The van der Waals surface area contributed by atoms with Gasteiger partial charge in [0.1, 0.15) is 17.5 Å². The molecular weight excluding hydrogens is 220 g/mol. The van der Waals surface area contributed by atoms with Crippen LogP contribution < -0.4 is 0 Å². The first kappa shape index (κ1) is 15.8. The van der Waals surface area contributed by atoms with E-state index in [-0.39, 0.29) is 11.2 Å². The van der Waals surface area contributed by atoms with E-state index < -0.39 is 11.9 Å². The highest BCUT2D eigenvalue weighted by Gasteiger charge is 2.44. The molecule has 0 heterocycles. The highest BCUT2D eigenvalue weighted by Crippen LogP contribution is 2.49. The van der Waals surface area contributed by atoms with Crippen LogP contribution in [0.15, 0.2) is 0 Å². The summed E-state index contributed by atoms with van der Waals surface area (Å²) >= 11 is 0. The highest BCUT2D eigenvalue weighted by atomic mass is 16.4. The molecule has 1 fully saturated rings. The molecule has 1 saturated carbocycles. The molecule has 17 heavy (non-hydrogen) atoms. The molecule has 0 aromatic carbocycles. The number of carbonyl (C=O) groups excluding carboxylic acids is 2. The first-order valence-electron chi connectivity index (χ1n) is 6.05. The first-order chi connectivity index (χ1) is 7.80. The summed E-state index contributed by atoms with van der Waals surface area (Å²) in [6, 6.07) is 0. The van der Waals surface area contributed by atoms with Gasteiger partial charge in [0.25, 0.3) is 0 Å². The van der Waals surface area contributed by atoms with Crippen LogP contribution in [-0.2, 0) is 14.4 Å². The molecule has 1 rings (SSSR count). The van der Waals surface area contributed by atoms with Crippen LogP contribution in [-0.4, -0.2) is 22.6 Å². The van der Waals surface area contributed by atoms with Gasteiger partial charge in [-0.3, -0.25) is 14.4 Å². The van der Waals surface area contributed by atoms with Crippen molar-refractivity contribution >= 4 is 17.5 Å². The van der Waals surface area contributed by atoms with Crippen LogP contribution in [0.1, 0.15) is 53.4 Å². The molecule has 0 spiro atoms. The summed E-state index contributed by atoms with van der Waals surface area (Å²) in [7, 11) is 0. The van der Waals surface area contributed by atoms with E-state index in [4.69, 9.17) is 5.11 Å². The Hall–Kier alpha value is -1.19. The number of ketones is 2. The van der Waals surface area contributed by atoms with Crippen LogP contribution in [0.25, 0.3) is 0 Å². The van der Waals surface area contributed by atoms with E-state index in [1.54, 1.807) is 13.8 Å². The fraction of sp³-hybridized carbons (Fsp3) is 0.769. The second kappa shape index (κ2) is 6.52. The molecular formula is C13H22O4. The maximum absolute atomic E-state index is 10.8. The molecule has 1 aliphatic rings. The lowest BCUT2D eigenvalue weighted by Crippen LogP contribution is -2.19. The van der Waals surface area contributed by atoms with Gasteiger partial charge in [0.05, 0.1) is 0 Å². The number of rotatable bonds is 5. The minimum Gasteiger partial charge on any atom is -0.481 e. The Balaban J connectivity index is 0.000000302. The molecule has 1 unspecified atom stereocenters. The quantitative estimate of drug-likeness (QED) is 0.752. The smallest absolute Gasteiger partial charge is 0.314 e. The summed E-state index contributed by atoms with van der Waals surface area (Å²) in [5, 5.41) is 8.32. The summed E-state index contributed by atoms with van der Waals surface area (Å²) in [4.78, 5) is 31.3. The third kappa shape index (κ3) is 4.67. The van der Waals surface area contributed by atoms with Crippen LogP contribution in [0, 0.1) is 11.3 Å². The molecule has 0 aromatic heterocycles. The summed E-state index contributed by atoms with van der Waals surface area (Å²) in [5.74, 6) is -1.71. The van der Waals surface area contributed by atoms with Gasteiger partial charge < -0.3 is 5.11 Å². The fourth-order valence-electron chi connectivity index (χ4n) is 1.74. The summed E-state index contributed by atoms with van der Waals surface area (Å²) in [6.07, 6.45) is 3.70. The summed E-state index contributed by atoms with van der Waals surface area (Å²) < 4.78 is 0. The zero-order valence-electron chi connectivity index (χ0n) is 11.1. The average molecular weight is 242 g/mol. The minimum absolute atomic E-state index is 0.153. The Kier molecular flexibility index (Phi) is 6.07. The zero-order valence-corrected chi connectivity index (χ0v) is 11.1. The van der Waals surface area contributed by atoms with E-state index in [2.05, 4.69) is 6.92 Å². The minimum atomic E-state index is -1.02. The number of hydrogen-bond acceptors (Lipinski definition) is 3. The second-order valence-corrected chi connectivity index (χ2v) is 4.60. The molecule has 1 aliphatic carbocycles. The number of carboxylic acid groups (broad SMARTS) is 1. The van der Waals surface area contributed by atoms with Crippen molar-refractivity contribution in [2.45, 2.75) is 53.4 Å². The zero-order chi connectivity index (χ0) is 13.6. The monoisotopic (exact) mass is 242 g/mol. The Bertz CT molecular complexity index is 289. The van der Waals surface area contributed by atoms with Crippen LogP contribution in [0.4, 0.5) is 0 Å². The Morgan fingerprint density at radius 1 is 1.18 bits per heavy atom. The maximum Gasteiger partial charge on any atom is 0.314 e. The van der Waals surface area contributed by atoms with Crippen molar-refractivity contribution in [1.82, 2.24) is 0 Å². The van der Waals surface area contributed by atoms with E-state index in [9.17, 15) is 14.4 Å². The lowest BCUT2D eigenvalue weighted by atomic mass is 10.00. The third-order valence-corrected chi connectivity index (χ3v) is 3.47. The lowest BCUT2D eigenvalue weighted by molar-refractivity contribution is -0.145. The van der Waals surface area contributed by atoms with E-state index in [1.165, 1.54) is 6.92 Å². The maximum atomic E-state index is 10.8. The van der Waals surface area contributed by atoms with Crippen LogP contribution >= 0.6 is 0 Å². The van der Waals surface area contributed by atoms with Crippen molar-refractivity contribution in [1.29, 1.82) is 0 Å². The molecule has 4 nitrogen and oxygen atoms in total. The van der Waals surface area contributed by atoms with Gasteiger partial charge in [-0.2, -0.15) is 0 Å². The molecule has 0 radical (unpaired) electrons. The number of carboxylic acids is 1. The molecule has 98 valence electrons. The second-order valence-electron chi connectivity index (χ2n) is 4.60. The lowest BCUT2D eigenvalue weighted by Gasteiger charge is -2.03. The Morgan fingerprint density at radius 3 is 1.65 bits per heavy atom. The normalized spacial score (nSPS) is 17.4. The largest absolute Gasteiger partial charge is 0.481 e. The standard InChI is InChI=1S/C7H12O.C6H10O3/c1-3-7(4-5-7)6(2)8;1-3-5(4(2)7)6(8)9/h3-5H2,1-2H3;5H,3H2,1-2H3,(H,8,9). The first-order valence-corrected chi connectivity index (χ1v) is 6.05. The summed E-state index contributed by atoms with van der Waals surface area (Å²) in [5.41, 5.74) is 0.153. The Labute approximate surface area is 102 Å². The number of carbonyl (C=O) groups is 3. The van der Waals surface area contributed by atoms with Gasteiger partial charge in [-0.25, -0.2) is 0 Å². The van der Waals surface area contributed by atoms with Crippen molar-refractivity contribution in [3.63, 3.8) is 0 Å². The van der Waals surface area contributed by atoms with E-state index in [1.807, 2.05) is 0 Å². The van der Waals surface area contributed by atoms with Gasteiger partial charge >= 0.3 is 5.97 Å². The van der Waals surface area contributed by atoms with Gasteiger partial charge in [0, 0.05) is 5.41 Å². The number of Topliss-reactive ketones (excluding diaryl/α,β-unsaturated/α-hetero) is 2. The molecule has 4 heteroatoms. The molecule has 0 saturated heterocycles. The third-order valence-electron chi connectivity index (χ3n) is 3.47. The van der Waals surface area contributed by atoms with Gasteiger partial charge in [0.2, 0.25) is 0 Å². The van der Waals surface area contributed by atoms with Crippen LogP contribution in [0.2, 0.25) is 0 Å². The van der Waals surface area contributed by atoms with E-state index in [0.29, 0.717) is 12.2 Å². The van der Waals surface area contributed by atoms with E-state index >= 15 is 0 Å². The van der Waals surface area contributed by atoms with Crippen molar-refractivity contribution in [3.05, 3.63) is 0 Å².